The summed E-state index contributed by atoms with van der Waals surface area (Å²) < 4.78 is 4.42. The van der Waals surface area contributed by atoms with E-state index in [0.29, 0.717) is 0 Å². The quantitative estimate of drug-likeness (QED) is 0.425. The van der Waals surface area contributed by atoms with Crippen LogP contribution in [0, 0.1) is 0 Å². The fourth-order valence-corrected chi connectivity index (χ4v) is 0.354. The fraction of sp³-hybridized carbons (Fsp3) is 1.00. The third-order valence-electron chi connectivity index (χ3n) is 0.136. The predicted octanol–water partition coefficient (Wildman–Crippen LogP) is -0.288. The summed E-state index contributed by atoms with van der Waals surface area (Å²) in [6, 6.07) is 0. The Morgan fingerprint density at radius 3 is 2.60 bits per heavy atom. The molecule has 0 rings (SSSR count). The molecule has 0 N–H and O–H groups in total. The molecule has 0 heterocycles. The van der Waals surface area contributed by atoms with Gasteiger partial charge in [0, 0.05) is 0 Å². The Bertz CT molecular complexity index is 56.7. The Balaban J connectivity index is 2.93. The molecule has 0 fully saturated rings. The summed E-state index contributed by atoms with van der Waals surface area (Å²) in [7, 11) is 2.71. The van der Waals surface area contributed by atoms with Crippen molar-refractivity contribution in [1.29, 1.82) is 0 Å². The predicted molar refractivity (Wildman–Crippen MR) is 27.5 cm³/mol. The van der Waals surface area contributed by atoms with Crippen LogP contribution < -0.4 is 0 Å². The van der Waals surface area contributed by atoms with Crippen molar-refractivity contribution >= 4 is 27.3 Å². The van der Waals surface area contributed by atoms with E-state index in [1.165, 1.54) is 6.36 Å². The van der Waals surface area contributed by atoms with Crippen LogP contribution in [0.15, 0.2) is 0 Å². The van der Waals surface area contributed by atoms with Crippen molar-refractivity contribution in [2.45, 2.75) is 0 Å². The second-order valence-electron chi connectivity index (χ2n) is 0.428. The summed E-state index contributed by atoms with van der Waals surface area (Å²) in [5, 5.41) is 0. The van der Waals surface area contributed by atoms with Gasteiger partial charge in [0.2, 0.25) is 0 Å². The Morgan fingerprint density at radius 2 is 2.60 bits per heavy atom. The third kappa shape index (κ3) is 4.46. The van der Waals surface area contributed by atoms with Crippen LogP contribution in [0.2, 0.25) is 0 Å². The molecule has 0 saturated heterocycles. The standard InChI is InChI=1S/CH3BOS2/c1-3-2-5-4/h1H3. The molecular weight excluding hydrogens is 103 g/mol. The maximum atomic E-state index is 4.42. The molecule has 0 aromatic heterocycles. The van der Waals surface area contributed by atoms with Gasteiger partial charge in [-0.2, -0.15) is 0 Å². The Kier molecular flexibility index (Phi) is 4.88. The fourth-order valence-electron chi connectivity index (χ4n) is 0.0393. The van der Waals surface area contributed by atoms with Gasteiger partial charge in [-0.15, -0.1) is 0 Å². The van der Waals surface area contributed by atoms with Crippen molar-refractivity contribution in [3.05, 3.63) is 0 Å². The normalized spacial score (nSPS) is 5.80. The van der Waals surface area contributed by atoms with Crippen molar-refractivity contribution in [1.82, 2.24) is 0 Å². The van der Waals surface area contributed by atoms with Gasteiger partial charge in [0.05, 0.1) is 0 Å². The van der Waals surface area contributed by atoms with Crippen LogP contribution in [0.1, 0.15) is 0 Å². The minimum absolute atomic E-state index is 1.14. The molecule has 1 nitrogen and oxygen atoms in total. The SMILES string of the molecule is COB=S=S. The summed E-state index contributed by atoms with van der Waals surface area (Å²) in [6.45, 7) is 0. The third-order valence-corrected chi connectivity index (χ3v) is 0.642. The average molecular weight is 106 g/mol. The molecule has 4 heteroatoms. The first-order chi connectivity index (χ1) is 2.41. The van der Waals surface area contributed by atoms with Crippen LogP contribution in [0.5, 0.6) is 0 Å². The summed E-state index contributed by atoms with van der Waals surface area (Å²) >= 11 is 4.39. The molecule has 0 radical (unpaired) electrons. The zero-order valence-electron chi connectivity index (χ0n) is 2.80. The second kappa shape index (κ2) is 4.46. The van der Waals surface area contributed by atoms with E-state index >= 15 is 0 Å². The Morgan fingerprint density at radius 1 is 2.00 bits per heavy atom. The molecule has 0 aliphatic carbocycles. The van der Waals surface area contributed by atoms with E-state index in [-0.39, 0.29) is 0 Å². The van der Waals surface area contributed by atoms with Gasteiger partial charge < -0.3 is 0 Å². The van der Waals surface area contributed by atoms with E-state index in [2.05, 4.69) is 15.8 Å². The van der Waals surface area contributed by atoms with Crippen LogP contribution in [-0.2, 0) is 25.6 Å². The van der Waals surface area contributed by atoms with Gasteiger partial charge in [-0.3, -0.25) is 0 Å². The zero-order valence-corrected chi connectivity index (χ0v) is 4.44. The van der Waals surface area contributed by atoms with Crippen molar-refractivity contribution in [2.24, 2.45) is 0 Å². The first-order valence-electron chi connectivity index (χ1n) is 1.05. The molecule has 0 unspecified atom stereocenters. The van der Waals surface area contributed by atoms with Crippen molar-refractivity contribution in [3.8, 4) is 0 Å². The topological polar surface area (TPSA) is 9.23 Å². The molecule has 0 aliphatic rings. The van der Waals surface area contributed by atoms with Crippen molar-refractivity contribution in [2.75, 3.05) is 7.11 Å². The molecular formula is CH3BOS2. The number of hydrogen-bond acceptors (Lipinski definition) is 2. The molecule has 0 spiro atoms. The zero-order chi connectivity index (χ0) is 4.12. The van der Waals surface area contributed by atoms with Crippen LogP contribution >= 0.6 is 0 Å². The van der Waals surface area contributed by atoms with Gasteiger partial charge in [0.15, 0.2) is 0 Å². The molecule has 0 atom stereocenters. The summed E-state index contributed by atoms with van der Waals surface area (Å²) in [4.78, 5) is 0. The summed E-state index contributed by atoms with van der Waals surface area (Å²) in [5.74, 6) is 0. The van der Waals surface area contributed by atoms with Crippen LogP contribution in [0.3, 0.4) is 0 Å². The summed E-state index contributed by atoms with van der Waals surface area (Å²) in [5.41, 5.74) is 0. The average Bonchev–Trinajstić information content (AvgIpc) is 1.41. The van der Waals surface area contributed by atoms with E-state index < -0.39 is 0 Å². The molecule has 0 aliphatic heterocycles. The van der Waals surface area contributed by atoms with Crippen molar-refractivity contribution in [3.63, 3.8) is 0 Å². The van der Waals surface area contributed by atoms with Gasteiger partial charge in [-0.05, 0) is 0 Å². The molecule has 28 valence electrons. The van der Waals surface area contributed by atoms with E-state index in [4.69, 9.17) is 0 Å². The van der Waals surface area contributed by atoms with Crippen LogP contribution in [0.4, 0.5) is 0 Å². The molecule has 5 heavy (non-hydrogen) atoms. The van der Waals surface area contributed by atoms with Crippen molar-refractivity contribution < 1.29 is 4.65 Å². The first-order valence-corrected chi connectivity index (χ1v) is 2.85. The van der Waals surface area contributed by atoms with E-state index in [9.17, 15) is 0 Å². The van der Waals surface area contributed by atoms with Gasteiger partial charge in [0.1, 0.15) is 0 Å². The Hall–Kier alpha value is 0.465. The molecule has 0 aromatic carbocycles. The van der Waals surface area contributed by atoms with Gasteiger partial charge in [0.25, 0.3) is 0 Å². The molecule has 0 bridgehead atoms. The molecule has 0 aromatic rings. The minimum atomic E-state index is 1.14. The molecule has 0 amide bonds. The van der Waals surface area contributed by atoms with Gasteiger partial charge in [-0.1, -0.05) is 0 Å². The van der Waals surface area contributed by atoms with E-state index in [0.717, 1.165) is 9.75 Å². The number of hydrogen-bond donors (Lipinski definition) is 0. The van der Waals surface area contributed by atoms with Crippen LogP contribution in [-0.4, -0.2) is 13.5 Å². The second-order valence-corrected chi connectivity index (χ2v) is 1.39. The van der Waals surface area contributed by atoms with Gasteiger partial charge in [-0.25, -0.2) is 0 Å². The first kappa shape index (κ1) is 5.46. The van der Waals surface area contributed by atoms with Crippen LogP contribution in [0.25, 0.3) is 0 Å². The van der Waals surface area contributed by atoms with E-state index in [1.54, 1.807) is 7.11 Å². The monoisotopic (exact) mass is 106 g/mol. The van der Waals surface area contributed by atoms with Gasteiger partial charge >= 0.3 is 39.1 Å². The van der Waals surface area contributed by atoms with E-state index in [1.807, 2.05) is 0 Å². The summed E-state index contributed by atoms with van der Waals surface area (Å²) in [6.07, 6.45) is 1.48. The number of rotatable bonds is 1. The Labute approximate surface area is 39.7 Å². The maximum absolute atomic E-state index is 4.42. The molecule has 0 saturated carbocycles.